The van der Waals surface area contributed by atoms with Gasteiger partial charge in [0.1, 0.15) is 16.5 Å². The summed E-state index contributed by atoms with van der Waals surface area (Å²) in [4.78, 5) is 23.8. The van der Waals surface area contributed by atoms with Gasteiger partial charge in [0.25, 0.3) is 15.9 Å². The monoisotopic (exact) mass is 511 g/mol. The zero-order valence-electron chi connectivity index (χ0n) is 21.3. The third-order valence-corrected chi connectivity index (χ3v) is 8.24. The average Bonchev–Trinajstić information content (AvgIpc) is 3.36. The summed E-state index contributed by atoms with van der Waals surface area (Å²) in [5, 5.41) is 4.64. The van der Waals surface area contributed by atoms with Gasteiger partial charge in [-0.3, -0.25) is 4.79 Å². The molecule has 0 bridgehead atoms. The van der Waals surface area contributed by atoms with Gasteiger partial charge in [-0.25, -0.2) is 27.8 Å². The summed E-state index contributed by atoms with van der Waals surface area (Å²) >= 11 is 0. The predicted octanol–water partition coefficient (Wildman–Crippen LogP) is 3.19. The molecule has 10 nitrogen and oxygen atoms in total. The number of amides is 1. The van der Waals surface area contributed by atoms with Crippen LogP contribution in [0.15, 0.2) is 47.6 Å². The van der Waals surface area contributed by atoms with E-state index in [1.165, 1.54) is 18.3 Å². The number of carbonyl (C=O) groups excluding carboxylic acids is 1. The lowest BCUT2D eigenvalue weighted by molar-refractivity contribution is 0.0981. The third-order valence-electron chi connectivity index (χ3n) is 6.86. The molecule has 0 spiro atoms. The molecule has 36 heavy (non-hydrogen) atoms. The lowest BCUT2D eigenvalue weighted by atomic mass is 9.90. The van der Waals surface area contributed by atoms with Gasteiger partial charge in [0.2, 0.25) is 0 Å². The molecular weight excluding hydrogens is 478 g/mol. The van der Waals surface area contributed by atoms with E-state index < -0.39 is 15.9 Å². The number of nitrogens with two attached hydrogens (primary N) is 1. The fourth-order valence-corrected chi connectivity index (χ4v) is 5.49. The highest BCUT2D eigenvalue weighted by Crippen LogP contribution is 2.39. The minimum absolute atomic E-state index is 0.154. The summed E-state index contributed by atoms with van der Waals surface area (Å²) in [6, 6.07) is 7.97. The van der Waals surface area contributed by atoms with Gasteiger partial charge >= 0.3 is 0 Å². The molecule has 4 heterocycles. The first-order valence-electron chi connectivity index (χ1n) is 12.0. The summed E-state index contributed by atoms with van der Waals surface area (Å²) < 4.78 is 29.7. The summed E-state index contributed by atoms with van der Waals surface area (Å²) in [5.74, 6) is 0.798. The molecule has 0 aliphatic carbocycles. The van der Waals surface area contributed by atoms with Crippen LogP contribution < -0.4 is 15.4 Å². The van der Waals surface area contributed by atoms with E-state index in [9.17, 15) is 13.2 Å². The standard InChI is InChI=1S/C25H33N7O3S/c1-16(2)15-18-11-14-32(29-18)21-9-8-19(23(28-21)31-13-10-17(3)25(31,4)5)24(33)30-36(34,35)20-7-6-12-27-22(20)26/h6-9,11-12,14,16-17H,10,13,15H2,1-5H3,(H2,26,27)(H,30,33). The summed E-state index contributed by atoms with van der Waals surface area (Å²) in [6.45, 7) is 11.3. The first-order valence-corrected chi connectivity index (χ1v) is 13.5. The van der Waals surface area contributed by atoms with E-state index in [-0.39, 0.29) is 21.8 Å². The Kier molecular flexibility index (Phi) is 6.78. The number of pyridine rings is 2. The van der Waals surface area contributed by atoms with Crippen molar-refractivity contribution >= 4 is 27.6 Å². The zero-order valence-corrected chi connectivity index (χ0v) is 22.1. The Bertz CT molecular complexity index is 1380. The molecule has 1 fully saturated rings. The fourth-order valence-electron chi connectivity index (χ4n) is 4.44. The molecule has 1 atom stereocenters. The van der Waals surface area contributed by atoms with Crippen LogP contribution in [0.3, 0.4) is 0 Å². The molecule has 1 aliphatic heterocycles. The second-order valence-corrected chi connectivity index (χ2v) is 11.9. The Morgan fingerprint density at radius 3 is 2.64 bits per heavy atom. The number of nitrogen functional groups attached to an aromatic ring is 1. The number of anilines is 2. The number of nitrogens with one attached hydrogen (secondary N) is 1. The SMILES string of the molecule is CC(C)Cc1ccn(-c2ccc(C(=O)NS(=O)(=O)c3cccnc3N)c(N3CCC(C)C3(C)C)n2)n1. The molecule has 1 saturated heterocycles. The van der Waals surface area contributed by atoms with Crippen LogP contribution >= 0.6 is 0 Å². The molecule has 0 aromatic carbocycles. The van der Waals surface area contributed by atoms with Crippen LogP contribution in [-0.4, -0.2) is 46.2 Å². The minimum Gasteiger partial charge on any atom is -0.383 e. The lowest BCUT2D eigenvalue weighted by Gasteiger charge is -2.36. The molecule has 192 valence electrons. The van der Waals surface area contributed by atoms with Gasteiger partial charge in [-0.15, -0.1) is 0 Å². The van der Waals surface area contributed by atoms with E-state index in [0.717, 1.165) is 18.5 Å². The van der Waals surface area contributed by atoms with Crippen molar-refractivity contribution in [2.24, 2.45) is 11.8 Å². The third kappa shape index (κ3) is 4.92. The van der Waals surface area contributed by atoms with Crippen LogP contribution in [0.4, 0.5) is 11.6 Å². The normalized spacial score (nSPS) is 17.5. The molecule has 3 N–H and O–H groups in total. The van der Waals surface area contributed by atoms with E-state index in [2.05, 4.69) is 54.3 Å². The Morgan fingerprint density at radius 2 is 2.00 bits per heavy atom. The average molecular weight is 512 g/mol. The van der Waals surface area contributed by atoms with Crippen LogP contribution in [0.5, 0.6) is 0 Å². The maximum Gasteiger partial charge on any atom is 0.268 e. The van der Waals surface area contributed by atoms with Crippen LogP contribution in [0.1, 0.15) is 57.1 Å². The molecule has 1 unspecified atom stereocenters. The van der Waals surface area contributed by atoms with Crippen molar-refractivity contribution in [3.8, 4) is 5.82 Å². The molecule has 4 rings (SSSR count). The minimum atomic E-state index is -4.24. The number of hydrogen-bond donors (Lipinski definition) is 2. The largest absolute Gasteiger partial charge is 0.383 e. The van der Waals surface area contributed by atoms with Gasteiger partial charge in [-0.1, -0.05) is 20.8 Å². The molecule has 0 saturated carbocycles. The number of nitrogens with zero attached hydrogens (tertiary/aromatic N) is 5. The quantitative estimate of drug-likeness (QED) is 0.494. The van der Waals surface area contributed by atoms with Crippen molar-refractivity contribution in [2.45, 2.75) is 57.9 Å². The zero-order chi connectivity index (χ0) is 26.3. The fraction of sp³-hybridized carbons (Fsp3) is 0.440. The van der Waals surface area contributed by atoms with Gasteiger partial charge in [0.05, 0.1) is 11.3 Å². The lowest BCUT2D eigenvalue weighted by Crippen LogP contribution is -2.44. The van der Waals surface area contributed by atoms with Crippen molar-refractivity contribution < 1.29 is 13.2 Å². The van der Waals surface area contributed by atoms with Crippen LogP contribution in [-0.2, 0) is 16.4 Å². The molecule has 0 radical (unpaired) electrons. The first-order chi connectivity index (χ1) is 16.9. The molecule has 11 heteroatoms. The van der Waals surface area contributed by atoms with Crippen LogP contribution in [0.2, 0.25) is 0 Å². The summed E-state index contributed by atoms with van der Waals surface area (Å²) in [5.41, 5.74) is 6.56. The Hall–Kier alpha value is -3.47. The Morgan fingerprint density at radius 1 is 1.25 bits per heavy atom. The Labute approximate surface area is 212 Å². The highest BCUT2D eigenvalue weighted by Gasteiger charge is 2.41. The van der Waals surface area contributed by atoms with E-state index in [1.54, 1.807) is 16.8 Å². The molecule has 1 amide bonds. The summed E-state index contributed by atoms with van der Waals surface area (Å²) in [7, 11) is -4.24. The van der Waals surface area contributed by atoms with E-state index >= 15 is 0 Å². The number of rotatable bonds is 7. The maximum absolute atomic E-state index is 13.3. The summed E-state index contributed by atoms with van der Waals surface area (Å²) in [6.07, 6.45) is 4.99. The Balaban J connectivity index is 1.75. The van der Waals surface area contributed by atoms with Gasteiger partial charge in [0.15, 0.2) is 5.82 Å². The van der Waals surface area contributed by atoms with Crippen molar-refractivity contribution in [3.63, 3.8) is 0 Å². The highest BCUT2D eigenvalue weighted by atomic mass is 32.2. The second kappa shape index (κ2) is 9.53. The van der Waals surface area contributed by atoms with Gasteiger partial charge in [0, 0.05) is 24.5 Å². The van der Waals surface area contributed by atoms with Crippen molar-refractivity contribution in [2.75, 3.05) is 17.2 Å². The maximum atomic E-state index is 13.3. The van der Waals surface area contributed by atoms with Gasteiger partial charge in [-0.05, 0) is 68.9 Å². The highest BCUT2D eigenvalue weighted by molar-refractivity contribution is 7.90. The van der Waals surface area contributed by atoms with Crippen molar-refractivity contribution in [1.82, 2.24) is 24.5 Å². The molecule has 3 aromatic heterocycles. The van der Waals surface area contributed by atoms with Gasteiger partial charge in [-0.2, -0.15) is 5.10 Å². The van der Waals surface area contributed by atoms with Gasteiger partial charge < -0.3 is 10.6 Å². The van der Waals surface area contributed by atoms with E-state index in [1.807, 2.05) is 12.3 Å². The van der Waals surface area contributed by atoms with Crippen LogP contribution in [0, 0.1) is 11.8 Å². The second-order valence-electron chi connectivity index (χ2n) is 10.2. The number of aromatic nitrogens is 4. The molecular formula is C25H33N7O3S. The van der Waals surface area contributed by atoms with E-state index in [0.29, 0.717) is 30.0 Å². The number of carbonyl (C=O) groups is 1. The predicted molar refractivity (Wildman–Crippen MR) is 138 cm³/mol. The molecule has 1 aliphatic rings. The number of hydrogen-bond acceptors (Lipinski definition) is 8. The smallest absolute Gasteiger partial charge is 0.268 e. The van der Waals surface area contributed by atoms with Crippen molar-refractivity contribution in [3.05, 3.63) is 54.0 Å². The van der Waals surface area contributed by atoms with Crippen LogP contribution in [0.25, 0.3) is 5.82 Å². The molecule has 3 aromatic rings. The topological polar surface area (TPSA) is 136 Å². The first kappa shape index (κ1) is 25.6. The van der Waals surface area contributed by atoms with E-state index in [4.69, 9.17) is 10.7 Å². The number of sulfonamides is 1. The van der Waals surface area contributed by atoms with Crippen molar-refractivity contribution in [1.29, 1.82) is 0 Å².